The molecule has 1 aliphatic carbocycles. The van der Waals surface area contributed by atoms with Gasteiger partial charge in [-0.2, -0.15) is 0 Å². The Kier molecular flexibility index (Phi) is 5.40. The Morgan fingerprint density at radius 1 is 1.29 bits per heavy atom. The van der Waals surface area contributed by atoms with Gasteiger partial charge in [-0.15, -0.1) is 0 Å². The largest absolute Gasteiger partial charge is 0.330 e. The molecule has 28 heavy (non-hydrogen) atoms. The maximum Gasteiger partial charge on any atom is 0.230 e. The van der Waals surface area contributed by atoms with Crippen LogP contribution in [0.2, 0.25) is 0 Å². The molecule has 1 unspecified atom stereocenters. The molecule has 2 atom stereocenters. The Balaban J connectivity index is 1.64. The molecule has 1 aromatic carbocycles. The molecule has 2 fully saturated rings. The van der Waals surface area contributed by atoms with Crippen LogP contribution in [-0.2, 0) is 9.59 Å². The number of nitrogens with two attached hydrogens (primary N) is 1. The fraction of sp³-hybridized carbons (Fsp3) is 0.619. The van der Waals surface area contributed by atoms with Gasteiger partial charge in [-0.1, -0.05) is 6.07 Å². The minimum Gasteiger partial charge on any atom is -0.330 e. The van der Waals surface area contributed by atoms with E-state index in [1.807, 2.05) is 22.8 Å². The zero-order valence-corrected chi connectivity index (χ0v) is 16.8. The number of fused-ring (bicyclic) bond motifs is 1. The molecule has 4 N–H and O–H groups in total. The number of benzene rings is 1. The number of hydrogen-bond acceptors (Lipinski definition) is 5. The zero-order valence-electron chi connectivity index (χ0n) is 16.8. The van der Waals surface area contributed by atoms with Crippen molar-refractivity contribution in [3.8, 4) is 0 Å². The SMILES string of the molecule is CC(=O)N1c2ccc(C(CN)CNC3CNC3)cc2N(C(=O)C2CC2)C[C@@H]1C. The molecule has 1 saturated carbocycles. The van der Waals surface area contributed by atoms with Gasteiger partial charge in [0.1, 0.15) is 0 Å². The molecule has 0 radical (unpaired) electrons. The van der Waals surface area contributed by atoms with Gasteiger partial charge in [-0.05, 0) is 37.5 Å². The number of rotatable bonds is 6. The zero-order chi connectivity index (χ0) is 19.8. The molecule has 0 spiro atoms. The average molecular weight is 386 g/mol. The molecule has 0 bridgehead atoms. The third-order valence-corrected chi connectivity index (χ3v) is 6.16. The lowest BCUT2D eigenvalue weighted by atomic mass is 9.95. The summed E-state index contributed by atoms with van der Waals surface area (Å²) >= 11 is 0. The molecule has 2 heterocycles. The fourth-order valence-corrected chi connectivity index (χ4v) is 4.21. The van der Waals surface area contributed by atoms with Crippen LogP contribution in [0.15, 0.2) is 18.2 Å². The minimum atomic E-state index is -0.0309. The van der Waals surface area contributed by atoms with Crippen LogP contribution < -0.4 is 26.2 Å². The van der Waals surface area contributed by atoms with Gasteiger partial charge >= 0.3 is 0 Å². The second-order valence-corrected chi connectivity index (χ2v) is 8.41. The first kappa shape index (κ1) is 19.4. The molecule has 152 valence electrons. The average Bonchev–Trinajstić information content (AvgIpc) is 3.47. The quantitative estimate of drug-likeness (QED) is 0.674. The number of carbonyl (C=O) groups is 2. The lowest BCUT2D eigenvalue weighted by Gasteiger charge is -2.41. The summed E-state index contributed by atoms with van der Waals surface area (Å²) in [5.41, 5.74) is 8.88. The first-order valence-electron chi connectivity index (χ1n) is 10.4. The summed E-state index contributed by atoms with van der Waals surface area (Å²) in [5, 5.41) is 6.82. The molecule has 4 rings (SSSR count). The van der Waals surface area contributed by atoms with Crippen molar-refractivity contribution < 1.29 is 9.59 Å². The lowest BCUT2D eigenvalue weighted by Crippen LogP contribution is -2.56. The summed E-state index contributed by atoms with van der Waals surface area (Å²) in [6.45, 7) is 7.48. The predicted octanol–water partition coefficient (Wildman–Crippen LogP) is 0.788. The normalized spacial score (nSPS) is 23.2. The third kappa shape index (κ3) is 3.66. The summed E-state index contributed by atoms with van der Waals surface area (Å²) < 4.78 is 0. The fourth-order valence-electron chi connectivity index (χ4n) is 4.21. The van der Waals surface area contributed by atoms with E-state index in [2.05, 4.69) is 22.8 Å². The predicted molar refractivity (Wildman–Crippen MR) is 111 cm³/mol. The van der Waals surface area contributed by atoms with E-state index in [1.54, 1.807) is 6.92 Å². The molecule has 7 nitrogen and oxygen atoms in total. The standard InChI is InChI=1S/C21H31N5O2/c1-13-12-25(21(28)15-3-4-15)20-7-16(5-6-19(20)26(13)14(2)27)17(8-22)9-24-18-10-23-11-18/h5-7,13,15,17-18,23-24H,3-4,8-12,22H2,1-2H3/t13-,17?/m0/s1. The highest BCUT2D eigenvalue weighted by molar-refractivity contribution is 6.05. The smallest absolute Gasteiger partial charge is 0.230 e. The molecule has 2 aliphatic heterocycles. The molecule has 2 amide bonds. The van der Waals surface area contributed by atoms with Crippen LogP contribution in [-0.4, -0.2) is 56.6 Å². The van der Waals surface area contributed by atoms with Crippen molar-refractivity contribution in [2.75, 3.05) is 42.5 Å². The van der Waals surface area contributed by atoms with E-state index in [9.17, 15) is 9.59 Å². The monoisotopic (exact) mass is 385 g/mol. The maximum absolute atomic E-state index is 12.9. The number of carbonyl (C=O) groups excluding carboxylic acids is 2. The molecule has 7 heteroatoms. The van der Waals surface area contributed by atoms with Gasteiger partial charge in [-0.25, -0.2) is 0 Å². The number of nitrogens with zero attached hydrogens (tertiary/aromatic N) is 2. The van der Waals surface area contributed by atoms with Crippen molar-refractivity contribution in [1.82, 2.24) is 10.6 Å². The second kappa shape index (κ2) is 7.81. The van der Waals surface area contributed by atoms with Crippen molar-refractivity contribution >= 4 is 23.2 Å². The van der Waals surface area contributed by atoms with E-state index in [1.165, 1.54) is 0 Å². The van der Waals surface area contributed by atoms with Gasteiger partial charge in [0.15, 0.2) is 0 Å². The second-order valence-electron chi connectivity index (χ2n) is 8.41. The van der Waals surface area contributed by atoms with Crippen LogP contribution in [0.4, 0.5) is 11.4 Å². The number of hydrogen-bond donors (Lipinski definition) is 3. The lowest BCUT2D eigenvalue weighted by molar-refractivity contribution is -0.120. The van der Waals surface area contributed by atoms with Crippen molar-refractivity contribution in [3.05, 3.63) is 23.8 Å². The van der Waals surface area contributed by atoms with Crippen molar-refractivity contribution in [1.29, 1.82) is 0 Å². The van der Waals surface area contributed by atoms with E-state index in [-0.39, 0.29) is 29.7 Å². The van der Waals surface area contributed by atoms with Crippen molar-refractivity contribution in [2.24, 2.45) is 11.7 Å². The maximum atomic E-state index is 12.9. The van der Waals surface area contributed by atoms with E-state index < -0.39 is 0 Å². The summed E-state index contributed by atoms with van der Waals surface area (Å²) in [4.78, 5) is 28.9. The Hall–Kier alpha value is -1.96. The highest BCUT2D eigenvalue weighted by Crippen LogP contribution is 2.41. The van der Waals surface area contributed by atoms with Crippen LogP contribution >= 0.6 is 0 Å². The van der Waals surface area contributed by atoms with Crippen LogP contribution in [0, 0.1) is 5.92 Å². The van der Waals surface area contributed by atoms with Gasteiger partial charge in [-0.3, -0.25) is 9.59 Å². The first-order chi connectivity index (χ1) is 13.5. The highest BCUT2D eigenvalue weighted by Gasteiger charge is 2.39. The first-order valence-corrected chi connectivity index (χ1v) is 10.4. The van der Waals surface area contributed by atoms with Gasteiger partial charge in [0.2, 0.25) is 11.8 Å². The van der Waals surface area contributed by atoms with Crippen LogP contribution in [0.5, 0.6) is 0 Å². The van der Waals surface area contributed by atoms with Crippen LogP contribution in [0.1, 0.15) is 38.2 Å². The highest BCUT2D eigenvalue weighted by atomic mass is 16.2. The molecule has 1 aromatic rings. The summed E-state index contributed by atoms with van der Waals surface area (Å²) in [6.07, 6.45) is 1.94. The van der Waals surface area contributed by atoms with Crippen molar-refractivity contribution in [2.45, 2.75) is 44.7 Å². The molecule has 1 saturated heterocycles. The van der Waals surface area contributed by atoms with Crippen LogP contribution in [0.3, 0.4) is 0 Å². The van der Waals surface area contributed by atoms with E-state index >= 15 is 0 Å². The molecular formula is C21H31N5O2. The number of anilines is 2. The summed E-state index contributed by atoms with van der Waals surface area (Å²) in [5.74, 6) is 0.519. The summed E-state index contributed by atoms with van der Waals surface area (Å²) in [7, 11) is 0. The van der Waals surface area contributed by atoms with E-state index in [0.29, 0.717) is 19.1 Å². The Labute approximate surface area is 166 Å². The van der Waals surface area contributed by atoms with E-state index in [4.69, 9.17) is 5.73 Å². The van der Waals surface area contributed by atoms with Gasteiger partial charge in [0, 0.05) is 57.5 Å². The molecule has 3 aliphatic rings. The van der Waals surface area contributed by atoms with Gasteiger partial charge in [0.05, 0.1) is 17.4 Å². The Morgan fingerprint density at radius 2 is 2.04 bits per heavy atom. The Morgan fingerprint density at radius 3 is 2.61 bits per heavy atom. The summed E-state index contributed by atoms with van der Waals surface area (Å²) in [6, 6.07) is 6.61. The van der Waals surface area contributed by atoms with Crippen molar-refractivity contribution in [3.63, 3.8) is 0 Å². The van der Waals surface area contributed by atoms with Gasteiger partial charge < -0.3 is 26.2 Å². The van der Waals surface area contributed by atoms with Crippen LogP contribution in [0.25, 0.3) is 0 Å². The topological polar surface area (TPSA) is 90.7 Å². The van der Waals surface area contributed by atoms with E-state index in [0.717, 1.165) is 49.4 Å². The molecular weight excluding hydrogens is 354 g/mol. The Bertz CT molecular complexity index is 759. The number of nitrogens with one attached hydrogen (secondary N) is 2. The van der Waals surface area contributed by atoms with Gasteiger partial charge in [0.25, 0.3) is 0 Å². The number of amides is 2. The molecule has 0 aromatic heterocycles. The minimum absolute atomic E-state index is 0.00884. The third-order valence-electron chi connectivity index (χ3n) is 6.16.